The Balaban J connectivity index is 1.79. The maximum absolute atomic E-state index is 12.4. The predicted octanol–water partition coefficient (Wildman–Crippen LogP) is 3.84. The molecule has 1 amide bonds. The van der Waals surface area contributed by atoms with E-state index in [1.165, 1.54) is 25.3 Å². The van der Waals surface area contributed by atoms with Gasteiger partial charge in [-0.3, -0.25) is 4.79 Å². The summed E-state index contributed by atoms with van der Waals surface area (Å²) in [5.41, 5.74) is 1.71. The van der Waals surface area contributed by atoms with Crippen LogP contribution in [0.5, 0.6) is 11.5 Å². The molecule has 1 N–H and O–H groups in total. The monoisotopic (exact) mass is 461 g/mol. The van der Waals surface area contributed by atoms with Crippen LogP contribution in [0.1, 0.15) is 21.5 Å². The second-order valence-electron chi connectivity index (χ2n) is 6.80. The number of nitriles is 1. The molecule has 3 aromatic rings. The standard InChI is InChI=1S/C25H19ClN2O5/c1-32-22-13-17(11-19(14-27)24(29)28-20-5-3-2-4-6-20)12-21(26)23(22)33-15-16-7-9-18(10-8-16)25(30)31/h2-13H,15H2,1H3,(H,28,29)(H,30,31)/p-1/b19-11+. The quantitative estimate of drug-likeness (QED) is 0.403. The molecule has 0 spiro atoms. The molecule has 3 rings (SSSR count). The Morgan fingerprint density at radius 2 is 1.82 bits per heavy atom. The van der Waals surface area contributed by atoms with Gasteiger partial charge in [-0.15, -0.1) is 0 Å². The second kappa shape index (κ2) is 10.8. The normalized spacial score (nSPS) is 10.8. The third-order valence-electron chi connectivity index (χ3n) is 4.53. The van der Waals surface area contributed by atoms with Gasteiger partial charge in [0.25, 0.3) is 5.91 Å². The third-order valence-corrected chi connectivity index (χ3v) is 4.81. The van der Waals surface area contributed by atoms with E-state index in [0.717, 1.165) is 0 Å². The van der Waals surface area contributed by atoms with Gasteiger partial charge in [-0.2, -0.15) is 5.26 Å². The molecule has 0 bridgehead atoms. The summed E-state index contributed by atoms with van der Waals surface area (Å²) in [6.07, 6.45) is 1.40. The topological polar surface area (TPSA) is 111 Å². The van der Waals surface area contributed by atoms with Crippen molar-refractivity contribution >= 4 is 35.2 Å². The van der Waals surface area contributed by atoms with E-state index in [-0.39, 0.29) is 28.5 Å². The summed E-state index contributed by atoms with van der Waals surface area (Å²) < 4.78 is 11.1. The number of methoxy groups -OCH3 is 1. The van der Waals surface area contributed by atoms with E-state index >= 15 is 0 Å². The fourth-order valence-corrected chi connectivity index (χ4v) is 3.16. The number of benzene rings is 3. The maximum atomic E-state index is 12.4. The minimum Gasteiger partial charge on any atom is -0.545 e. The Labute approximate surface area is 195 Å². The molecule has 166 valence electrons. The molecule has 8 heteroatoms. The van der Waals surface area contributed by atoms with Gasteiger partial charge in [-0.25, -0.2) is 0 Å². The summed E-state index contributed by atoms with van der Waals surface area (Å²) in [6, 6.07) is 19.9. The number of aromatic carboxylic acids is 1. The van der Waals surface area contributed by atoms with E-state index in [4.69, 9.17) is 21.1 Å². The molecular weight excluding hydrogens is 444 g/mol. The van der Waals surface area contributed by atoms with Crippen LogP contribution in [-0.4, -0.2) is 19.0 Å². The molecule has 0 unspecified atom stereocenters. The fraction of sp³-hybridized carbons (Fsp3) is 0.0800. The Morgan fingerprint density at radius 1 is 1.12 bits per heavy atom. The van der Waals surface area contributed by atoms with Gasteiger partial charge < -0.3 is 24.7 Å². The van der Waals surface area contributed by atoms with E-state index in [1.807, 2.05) is 12.1 Å². The maximum Gasteiger partial charge on any atom is 0.266 e. The number of anilines is 1. The number of hydrogen-bond donors (Lipinski definition) is 1. The number of carbonyl (C=O) groups is 2. The molecule has 0 aliphatic rings. The van der Waals surface area contributed by atoms with Crippen molar-refractivity contribution in [3.63, 3.8) is 0 Å². The number of hydrogen-bond acceptors (Lipinski definition) is 6. The lowest BCUT2D eigenvalue weighted by Crippen LogP contribution is -2.22. The Bertz CT molecular complexity index is 1230. The summed E-state index contributed by atoms with van der Waals surface area (Å²) in [7, 11) is 1.44. The van der Waals surface area contributed by atoms with Crippen molar-refractivity contribution in [1.29, 1.82) is 5.26 Å². The van der Waals surface area contributed by atoms with Crippen molar-refractivity contribution in [3.8, 4) is 17.6 Å². The molecular formula is C25H18ClN2O5-. The van der Waals surface area contributed by atoms with E-state index in [2.05, 4.69) is 5.32 Å². The van der Waals surface area contributed by atoms with Crippen molar-refractivity contribution in [2.45, 2.75) is 6.61 Å². The van der Waals surface area contributed by atoms with E-state index in [0.29, 0.717) is 22.6 Å². The lowest BCUT2D eigenvalue weighted by atomic mass is 10.1. The van der Waals surface area contributed by atoms with Gasteiger partial charge in [0.05, 0.1) is 18.1 Å². The zero-order valence-electron chi connectivity index (χ0n) is 17.5. The number of carbonyl (C=O) groups excluding carboxylic acids is 2. The number of rotatable bonds is 8. The molecule has 3 aromatic carbocycles. The average Bonchev–Trinajstić information content (AvgIpc) is 2.82. The van der Waals surface area contributed by atoms with Crippen LogP contribution in [0.15, 0.2) is 72.3 Å². The fourth-order valence-electron chi connectivity index (χ4n) is 2.89. The van der Waals surface area contributed by atoms with Gasteiger partial charge in [0.1, 0.15) is 18.2 Å². The summed E-state index contributed by atoms with van der Waals surface area (Å²) in [4.78, 5) is 23.3. The van der Waals surface area contributed by atoms with Crippen LogP contribution in [0.2, 0.25) is 5.02 Å². The Kier molecular flexibility index (Phi) is 7.68. The summed E-state index contributed by atoms with van der Waals surface area (Å²) in [5, 5.41) is 23.2. The lowest BCUT2D eigenvalue weighted by molar-refractivity contribution is -0.255. The van der Waals surface area contributed by atoms with Crippen molar-refractivity contribution in [2.75, 3.05) is 12.4 Å². The number of carboxylic acids is 1. The zero-order valence-corrected chi connectivity index (χ0v) is 18.3. The second-order valence-corrected chi connectivity index (χ2v) is 7.20. The molecule has 0 fully saturated rings. The highest BCUT2D eigenvalue weighted by Crippen LogP contribution is 2.37. The van der Waals surface area contributed by atoms with Gasteiger partial charge in [0.15, 0.2) is 11.5 Å². The first-order valence-corrected chi connectivity index (χ1v) is 10.1. The van der Waals surface area contributed by atoms with Gasteiger partial charge in [0, 0.05) is 5.69 Å². The number of nitrogens with zero attached hydrogens (tertiary/aromatic N) is 1. The Morgan fingerprint density at radius 3 is 2.42 bits per heavy atom. The number of para-hydroxylation sites is 1. The van der Waals surface area contributed by atoms with E-state index < -0.39 is 11.9 Å². The van der Waals surface area contributed by atoms with Crippen molar-refractivity contribution < 1.29 is 24.2 Å². The van der Waals surface area contributed by atoms with Crippen molar-refractivity contribution in [3.05, 3.63) is 94.0 Å². The van der Waals surface area contributed by atoms with Crippen LogP contribution in [0.3, 0.4) is 0 Å². The first-order valence-electron chi connectivity index (χ1n) is 9.70. The number of amides is 1. The Hall–Kier alpha value is -4.28. The number of nitrogens with one attached hydrogen (secondary N) is 1. The SMILES string of the molecule is COc1cc(/C=C(\C#N)C(=O)Nc2ccccc2)cc(Cl)c1OCc1ccc(C(=O)[O-])cc1. The van der Waals surface area contributed by atoms with Crippen LogP contribution in [-0.2, 0) is 11.4 Å². The molecule has 0 radical (unpaired) electrons. The highest BCUT2D eigenvalue weighted by Gasteiger charge is 2.14. The van der Waals surface area contributed by atoms with Crippen LogP contribution in [0, 0.1) is 11.3 Å². The van der Waals surface area contributed by atoms with E-state index in [9.17, 15) is 20.0 Å². The summed E-state index contributed by atoms with van der Waals surface area (Å²) in [6.45, 7) is 0.113. The summed E-state index contributed by atoms with van der Waals surface area (Å²) >= 11 is 6.38. The number of carboxylic acid groups (broad SMARTS) is 1. The molecule has 0 saturated heterocycles. The third kappa shape index (κ3) is 6.12. The first kappa shape index (κ1) is 23.4. The lowest BCUT2D eigenvalue weighted by Gasteiger charge is -2.14. The number of halogens is 1. The molecule has 0 heterocycles. The number of ether oxygens (including phenoxy) is 2. The highest BCUT2D eigenvalue weighted by molar-refractivity contribution is 6.32. The van der Waals surface area contributed by atoms with Crippen LogP contribution in [0.4, 0.5) is 5.69 Å². The van der Waals surface area contributed by atoms with Crippen LogP contribution >= 0.6 is 11.6 Å². The largest absolute Gasteiger partial charge is 0.545 e. The molecule has 33 heavy (non-hydrogen) atoms. The van der Waals surface area contributed by atoms with Crippen LogP contribution in [0.25, 0.3) is 6.08 Å². The zero-order chi connectivity index (χ0) is 23.8. The molecule has 0 aliphatic heterocycles. The summed E-state index contributed by atoms with van der Waals surface area (Å²) in [5.74, 6) is -1.24. The highest BCUT2D eigenvalue weighted by atomic mass is 35.5. The predicted molar refractivity (Wildman–Crippen MR) is 122 cm³/mol. The molecule has 7 nitrogen and oxygen atoms in total. The van der Waals surface area contributed by atoms with Gasteiger partial charge in [-0.05, 0) is 47.0 Å². The molecule has 0 aliphatic carbocycles. The van der Waals surface area contributed by atoms with Crippen molar-refractivity contribution in [1.82, 2.24) is 0 Å². The molecule has 0 saturated carbocycles. The first-order chi connectivity index (χ1) is 15.9. The van der Waals surface area contributed by atoms with E-state index in [1.54, 1.807) is 48.5 Å². The minimum atomic E-state index is -1.26. The van der Waals surface area contributed by atoms with Gasteiger partial charge >= 0.3 is 0 Å². The smallest absolute Gasteiger partial charge is 0.266 e. The van der Waals surface area contributed by atoms with Crippen molar-refractivity contribution in [2.24, 2.45) is 0 Å². The van der Waals surface area contributed by atoms with Gasteiger partial charge in [-0.1, -0.05) is 54.1 Å². The molecule has 0 aromatic heterocycles. The minimum absolute atomic E-state index is 0.0649. The molecule has 0 atom stereocenters. The van der Waals surface area contributed by atoms with Crippen LogP contribution < -0.4 is 19.9 Å². The average molecular weight is 462 g/mol. The van der Waals surface area contributed by atoms with Gasteiger partial charge in [0.2, 0.25) is 0 Å².